The minimum atomic E-state index is -4.30. The highest BCUT2D eigenvalue weighted by atomic mass is 19.3. The number of esters is 2. The molecule has 19 heavy (non-hydrogen) atoms. The molecule has 1 unspecified atom stereocenters. The van der Waals surface area contributed by atoms with Crippen LogP contribution in [0.1, 0.15) is 26.7 Å². The molecule has 0 aliphatic heterocycles. The normalized spacial score (nSPS) is 12.9. The van der Waals surface area contributed by atoms with Crippen molar-refractivity contribution in [3.63, 3.8) is 0 Å². The van der Waals surface area contributed by atoms with Gasteiger partial charge in [-0.25, -0.2) is 0 Å². The highest BCUT2D eigenvalue weighted by Gasteiger charge is 2.46. The van der Waals surface area contributed by atoms with Gasteiger partial charge in [-0.3, -0.25) is 9.59 Å². The fraction of sp³-hybridized carbons (Fsp3) is 0.727. The topological polar surface area (TPSA) is 92.7 Å². The molecule has 0 aliphatic rings. The van der Waals surface area contributed by atoms with E-state index in [1.54, 1.807) is 0 Å². The summed E-state index contributed by atoms with van der Waals surface area (Å²) >= 11 is 0. The minimum Gasteiger partial charge on any atom is -0.544 e. The van der Waals surface area contributed by atoms with Crippen LogP contribution in [0.25, 0.3) is 0 Å². The molecule has 8 heteroatoms. The molecule has 0 fully saturated rings. The first-order chi connectivity index (χ1) is 8.62. The van der Waals surface area contributed by atoms with Crippen molar-refractivity contribution in [1.82, 2.24) is 0 Å². The Hall–Kier alpha value is -1.73. The van der Waals surface area contributed by atoms with Crippen molar-refractivity contribution in [3.05, 3.63) is 0 Å². The molecule has 0 aromatic heterocycles. The van der Waals surface area contributed by atoms with Gasteiger partial charge in [0.2, 0.25) is 0 Å². The molecule has 0 saturated heterocycles. The predicted octanol–water partition coefficient (Wildman–Crippen LogP) is -0.107. The zero-order valence-electron chi connectivity index (χ0n) is 10.8. The summed E-state index contributed by atoms with van der Waals surface area (Å²) in [4.78, 5) is 32.4. The summed E-state index contributed by atoms with van der Waals surface area (Å²) < 4.78 is 35.2. The van der Waals surface area contributed by atoms with E-state index in [0.717, 1.165) is 7.11 Å². The SMILES string of the molecule is COC(=O)CCC(=O)OC(C(C)C)C(F)(F)C(=O)[O-]. The summed E-state index contributed by atoms with van der Waals surface area (Å²) in [6.07, 6.45) is -2.96. The number of alkyl halides is 2. The van der Waals surface area contributed by atoms with E-state index in [1.165, 1.54) is 13.8 Å². The third-order valence-electron chi connectivity index (χ3n) is 2.25. The van der Waals surface area contributed by atoms with E-state index in [1.807, 2.05) is 0 Å². The van der Waals surface area contributed by atoms with Gasteiger partial charge in [0, 0.05) is 0 Å². The van der Waals surface area contributed by atoms with Crippen LogP contribution in [-0.4, -0.2) is 37.0 Å². The zero-order chi connectivity index (χ0) is 15.2. The predicted molar refractivity (Wildman–Crippen MR) is 55.9 cm³/mol. The minimum absolute atomic E-state index is 0.336. The molecule has 110 valence electrons. The summed E-state index contributed by atoms with van der Waals surface area (Å²) in [5.41, 5.74) is 0. The fourth-order valence-electron chi connectivity index (χ4n) is 1.25. The lowest BCUT2D eigenvalue weighted by Gasteiger charge is -2.30. The Morgan fingerprint density at radius 2 is 1.63 bits per heavy atom. The van der Waals surface area contributed by atoms with Crippen LogP contribution in [0.15, 0.2) is 0 Å². The monoisotopic (exact) mass is 281 g/mol. The van der Waals surface area contributed by atoms with Crippen LogP contribution in [0.2, 0.25) is 0 Å². The molecule has 0 aromatic rings. The van der Waals surface area contributed by atoms with Crippen LogP contribution in [0.4, 0.5) is 8.78 Å². The average Bonchev–Trinajstić information content (AvgIpc) is 2.31. The number of halogens is 2. The number of aliphatic carboxylic acids is 1. The first-order valence-corrected chi connectivity index (χ1v) is 5.48. The summed E-state index contributed by atoms with van der Waals surface area (Å²) in [5, 5.41) is 10.3. The van der Waals surface area contributed by atoms with Gasteiger partial charge in [-0.15, -0.1) is 0 Å². The van der Waals surface area contributed by atoms with E-state index in [4.69, 9.17) is 0 Å². The summed E-state index contributed by atoms with van der Waals surface area (Å²) in [6.45, 7) is 2.55. The van der Waals surface area contributed by atoms with Gasteiger partial charge in [-0.2, -0.15) is 8.78 Å². The van der Waals surface area contributed by atoms with E-state index in [-0.39, 0.29) is 6.42 Å². The molecule has 0 rings (SSSR count). The van der Waals surface area contributed by atoms with E-state index in [9.17, 15) is 28.3 Å². The number of carboxylic acids is 1. The lowest BCUT2D eigenvalue weighted by atomic mass is 10.0. The maximum atomic E-state index is 13.3. The quantitative estimate of drug-likeness (QED) is 0.605. The van der Waals surface area contributed by atoms with Crippen molar-refractivity contribution in [2.45, 2.75) is 38.7 Å². The molecular weight excluding hydrogens is 266 g/mol. The number of hydrogen-bond acceptors (Lipinski definition) is 6. The van der Waals surface area contributed by atoms with Crippen molar-refractivity contribution in [3.8, 4) is 0 Å². The number of carbonyl (C=O) groups is 3. The van der Waals surface area contributed by atoms with Gasteiger partial charge in [0.05, 0.1) is 20.0 Å². The fourth-order valence-corrected chi connectivity index (χ4v) is 1.25. The van der Waals surface area contributed by atoms with Gasteiger partial charge in [-0.05, 0) is 5.92 Å². The Bertz CT molecular complexity index is 353. The molecule has 0 spiro atoms. The third kappa shape index (κ3) is 5.19. The van der Waals surface area contributed by atoms with Crippen molar-refractivity contribution in [2.75, 3.05) is 7.11 Å². The second kappa shape index (κ2) is 7.01. The molecule has 0 bridgehead atoms. The number of carbonyl (C=O) groups excluding carboxylic acids is 3. The zero-order valence-corrected chi connectivity index (χ0v) is 10.8. The van der Waals surface area contributed by atoms with E-state index >= 15 is 0 Å². The summed E-state index contributed by atoms with van der Waals surface area (Å²) in [7, 11) is 1.11. The molecular formula is C11H15F2O6-. The maximum Gasteiger partial charge on any atom is 0.323 e. The lowest BCUT2D eigenvalue weighted by Crippen LogP contribution is -2.53. The number of hydrogen-bond donors (Lipinski definition) is 0. The molecule has 0 saturated carbocycles. The van der Waals surface area contributed by atoms with Crippen LogP contribution in [0, 0.1) is 5.92 Å². The summed E-state index contributed by atoms with van der Waals surface area (Å²) in [6, 6.07) is 0. The molecule has 0 N–H and O–H groups in total. The van der Waals surface area contributed by atoms with E-state index in [2.05, 4.69) is 9.47 Å². The highest BCUT2D eigenvalue weighted by Crippen LogP contribution is 2.27. The van der Waals surface area contributed by atoms with Crippen molar-refractivity contribution >= 4 is 17.9 Å². The van der Waals surface area contributed by atoms with Crippen LogP contribution in [-0.2, 0) is 23.9 Å². The third-order valence-corrected chi connectivity index (χ3v) is 2.25. The van der Waals surface area contributed by atoms with Gasteiger partial charge >= 0.3 is 17.9 Å². The number of carboxylic acid groups (broad SMARTS) is 1. The van der Waals surface area contributed by atoms with Crippen LogP contribution >= 0.6 is 0 Å². The number of ether oxygens (including phenoxy) is 2. The van der Waals surface area contributed by atoms with Crippen LogP contribution < -0.4 is 5.11 Å². The molecule has 0 aliphatic carbocycles. The van der Waals surface area contributed by atoms with E-state index < -0.39 is 42.3 Å². The Labute approximate surface area is 108 Å². The molecule has 1 atom stereocenters. The lowest BCUT2D eigenvalue weighted by molar-refractivity contribution is -0.337. The number of methoxy groups -OCH3 is 1. The molecule has 0 amide bonds. The van der Waals surface area contributed by atoms with Gasteiger partial charge < -0.3 is 19.4 Å². The van der Waals surface area contributed by atoms with Gasteiger partial charge in [0.1, 0.15) is 5.97 Å². The molecule has 6 nitrogen and oxygen atoms in total. The van der Waals surface area contributed by atoms with Gasteiger partial charge in [0.25, 0.3) is 0 Å². The molecule has 0 radical (unpaired) electrons. The van der Waals surface area contributed by atoms with Gasteiger partial charge in [0.15, 0.2) is 6.10 Å². The first-order valence-electron chi connectivity index (χ1n) is 5.48. The Morgan fingerprint density at radius 1 is 1.16 bits per heavy atom. The first kappa shape index (κ1) is 17.3. The highest BCUT2D eigenvalue weighted by molar-refractivity contribution is 5.79. The maximum absolute atomic E-state index is 13.3. The van der Waals surface area contributed by atoms with Crippen molar-refractivity contribution < 1.29 is 37.7 Å². The number of rotatable bonds is 7. The standard InChI is InChI=1S/C11H16F2O6/c1-6(2)9(11(12,13)10(16)17)19-8(15)5-4-7(14)18-3/h6,9H,4-5H2,1-3H3,(H,16,17)/p-1. The molecule has 0 heterocycles. The molecule has 0 aromatic carbocycles. The van der Waals surface area contributed by atoms with Gasteiger partial charge in [-0.1, -0.05) is 13.8 Å². The second-order valence-electron chi connectivity index (χ2n) is 4.14. The van der Waals surface area contributed by atoms with Crippen LogP contribution in [0.3, 0.4) is 0 Å². The Kier molecular flexibility index (Phi) is 6.37. The Balaban J connectivity index is 4.65. The van der Waals surface area contributed by atoms with E-state index in [0.29, 0.717) is 0 Å². The second-order valence-corrected chi connectivity index (χ2v) is 4.14. The Morgan fingerprint density at radius 3 is 2.00 bits per heavy atom. The average molecular weight is 281 g/mol. The van der Waals surface area contributed by atoms with Crippen molar-refractivity contribution in [2.24, 2.45) is 5.92 Å². The largest absolute Gasteiger partial charge is 0.544 e. The van der Waals surface area contributed by atoms with Crippen molar-refractivity contribution in [1.29, 1.82) is 0 Å². The summed E-state index contributed by atoms with van der Waals surface area (Å²) in [5.74, 6) is -9.66. The smallest absolute Gasteiger partial charge is 0.323 e. The van der Waals surface area contributed by atoms with Crippen LogP contribution in [0.5, 0.6) is 0 Å².